The van der Waals surface area contributed by atoms with Crippen molar-refractivity contribution in [1.82, 2.24) is 0 Å². The zero-order valence-electron chi connectivity index (χ0n) is 8.27. The van der Waals surface area contributed by atoms with Crippen LogP contribution in [0.3, 0.4) is 0 Å². The minimum atomic E-state index is -2.57. The third-order valence-corrected chi connectivity index (χ3v) is 2.37. The predicted molar refractivity (Wildman–Crippen MR) is 55.6 cm³/mol. The second kappa shape index (κ2) is 5.21. The van der Waals surface area contributed by atoms with Crippen molar-refractivity contribution in [2.45, 2.75) is 25.7 Å². The summed E-state index contributed by atoms with van der Waals surface area (Å²) >= 11 is 5.57. The van der Waals surface area contributed by atoms with Crippen LogP contribution in [0.2, 0.25) is 0 Å². The van der Waals surface area contributed by atoms with Crippen molar-refractivity contribution in [3.05, 3.63) is 34.9 Å². The number of hydrogen-bond donors (Lipinski definition) is 0. The van der Waals surface area contributed by atoms with Crippen molar-refractivity contribution in [3.8, 4) is 0 Å². The molecule has 0 aliphatic heterocycles. The van der Waals surface area contributed by atoms with Crippen molar-refractivity contribution >= 4 is 17.4 Å². The highest BCUT2D eigenvalue weighted by Gasteiger charge is 2.12. The zero-order valence-corrected chi connectivity index (χ0v) is 9.02. The van der Waals surface area contributed by atoms with Crippen LogP contribution in [0.1, 0.15) is 41.3 Å². The van der Waals surface area contributed by atoms with E-state index in [1.165, 1.54) is 12.1 Å². The molecule has 0 N–H and O–H groups in total. The molecule has 4 heteroatoms. The van der Waals surface area contributed by atoms with Crippen molar-refractivity contribution in [3.63, 3.8) is 0 Å². The first kappa shape index (κ1) is 12.1. The van der Waals surface area contributed by atoms with E-state index < -0.39 is 6.43 Å². The molecule has 0 aliphatic carbocycles. The second-order valence-electron chi connectivity index (χ2n) is 3.17. The average Bonchev–Trinajstić information content (AvgIpc) is 2.27. The Bertz CT molecular complexity index is 364. The molecule has 82 valence electrons. The molecule has 0 atom stereocenters. The van der Waals surface area contributed by atoms with Crippen LogP contribution < -0.4 is 0 Å². The zero-order chi connectivity index (χ0) is 11.4. The Morgan fingerprint density at radius 1 is 1.40 bits per heavy atom. The van der Waals surface area contributed by atoms with E-state index in [4.69, 9.17) is 11.6 Å². The van der Waals surface area contributed by atoms with E-state index in [1.807, 2.05) is 0 Å². The molecule has 0 fully saturated rings. The summed E-state index contributed by atoms with van der Waals surface area (Å²) in [5.41, 5.74) is 0.710. The Kier molecular flexibility index (Phi) is 4.21. The summed E-state index contributed by atoms with van der Waals surface area (Å²) in [5.74, 6) is -0.0197. The number of Topliss-reactive ketones (excluding diaryl/α,β-unsaturated/α-hetero) is 1. The summed E-state index contributed by atoms with van der Waals surface area (Å²) in [7, 11) is 0. The van der Waals surface area contributed by atoms with E-state index in [0.717, 1.165) is 0 Å². The summed E-state index contributed by atoms with van der Waals surface area (Å²) in [6.45, 7) is 1.69. The van der Waals surface area contributed by atoms with Crippen LogP contribution in [0.4, 0.5) is 8.78 Å². The van der Waals surface area contributed by atoms with Crippen LogP contribution in [0.25, 0.3) is 0 Å². The number of rotatable bonds is 4. The lowest BCUT2D eigenvalue weighted by molar-refractivity contribution is 0.0987. The van der Waals surface area contributed by atoms with E-state index in [9.17, 15) is 13.6 Å². The molecule has 0 aliphatic rings. The van der Waals surface area contributed by atoms with Crippen LogP contribution in [-0.2, 0) is 5.88 Å². The lowest BCUT2D eigenvalue weighted by Gasteiger charge is -2.06. The first-order chi connectivity index (χ1) is 7.08. The van der Waals surface area contributed by atoms with Gasteiger partial charge in [-0.25, -0.2) is 8.78 Å². The Morgan fingerprint density at radius 3 is 2.53 bits per heavy atom. The first-order valence-corrected chi connectivity index (χ1v) is 5.13. The lowest BCUT2D eigenvalue weighted by Crippen LogP contribution is -2.00. The van der Waals surface area contributed by atoms with Gasteiger partial charge < -0.3 is 0 Å². The van der Waals surface area contributed by atoms with Gasteiger partial charge in [-0.05, 0) is 23.8 Å². The third kappa shape index (κ3) is 2.99. The molecule has 0 unspecified atom stereocenters. The molecule has 0 heterocycles. The van der Waals surface area contributed by atoms with Gasteiger partial charge in [0, 0.05) is 23.4 Å². The molecule has 1 nitrogen and oxygen atoms in total. The number of hydrogen-bond acceptors (Lipinski definition) is 1. The Labute approximate surface area is 92.1 Å². The van der Waals surface area contributed by atoms with Gasteiger partial charge >= 0.3 is 0 Å². The van der Waals surface area contributed by atoms with E-state index in [1.54, 1.807) is 13.0 Å². The van der Waals surface area contributed by atoms with Gasteiger partial charge in [-0.2, -0.15) is 0 Å². The van der Waals surface area contributed by atoms with Gasteiger partial charge in [-0.1, -0.05) is 6.92 Å². The van der Waals surface area contributed by atoms with Crippen molar-refractivity contribution < 1.29 is 13.6 Å². The van der Waals surface area contributed by atoms with Gasteiger partial charge in [-0.3, -0.25) is 4.79 Å². The lowest BCUT2D eigenvalue weighted by atomic mass is 10.0. The molecule has 15 heavy (non-hydrogen) atoms. The van der Waals surface area contributed by atoms with Crippen LogP contribution >= 0.6 is 11.6 Å². The van der Waals surface area contributed by atoms with Gasteiger partial charge in [0.25, 0.3) is 6.43 Å². The third-order valence-electron chi connectivity index (χ3n) is 2.06. The van der Waals surface area contributed by atoms with E-state index >= 15 is 0 Å². The number of carbonyl (C=O) groups is 1. The Hall–Kier alpha value is -0.960. The SMILES string of the molecule is CCC(=O)c1cc(CCl)cc(C(F)F)c1. The Balaban J connectivity index is 3.17. The number of carbonyl (C=O) groups excluding carboxylic acids is 1. The van der Waals surface area contributed by atoms with Crippen LogP contribution in [0.15, 0.2) is 18.2 Å². The summed E-state index contributed by atoms with van der Waals surface area (Å²) in [5, 5.41) is 0. The van der Waals surface area contributed by atoms with Crippen LogP contribution in [0.5, 0.6) is 0 Å². The minimum absolute atomic E-state index is 0.130. The van der Waals surface area contributed by atoms with Gasteiger partial charge in [0.1, 0.15) is 0 Å². The summed E-state index contributed by atoms with van der Waals surface area (Å²) in [6, 6.07) is 4.11. The molecular weight excluding hydrogens is 222 g/mol. The summed E-state index contributed by atoms with van der Waals surface area (Å²) in [6.07, 6.45) is -2.27. The minimum Gasteiger partial charge on any atom is -0.294 e. The van der Waals surface area contributed by atoms with Crippen molar-refractivity contribution in [2.24, 2.45) is 0 Å². The fraction of sp³-hybridized carbons (Fsp3) is 0.364. The van der Waals surface area contributed by atoms with Gasteiger partial charge in [0.15, 0.2) is 5.78 Å². The molecule has 0 bridgehead atoms. The summed E-state index contributed by atoms with van der Waals surface area (Å²) in [4.78, 5) is 11.4. The monoisotopic (exact) mass is 232 g/mol. The van der Waals surface area contributed by atoms with E-state index in [-0.39, 0.29) is 17.2 Å². The number of halogens is 3. The number of benzene rings is 1. The van der Waals surface area contributed by atoms with Gasteiger partial charge in [-0.15, -0.1) is 11.6 Å². The normalized spacial score (nSPS) is 10.7. The molecular formula is C11H11ClF2O. The molecule has 0 saturated heterocycles. The van der Waals surface area contributed by atoms with Crippen molar-refractivity contribution in [2.75, 3.05) is 0 Å². The molecule has 1 aromatic rings. The molecule has 0 spiro atoms. The molecule has 0 radical (unpaired) electrons. The summed E-state index contributed by atoms with van der Waals surface area (Å²) < 4.78 is 25.0. The highest BCUT2D eigenvalue weighted by molar-refractivity contribution is 6.17. The topological polar surface area (TPSA) is 17.1 Å². The Morgan fingerprint density at radius 2 is 2.07 bits per heavy atom. The maximum Gasteiger partial charge on any atom is 0.263 e. The van der Waals surface area contributed by atoms with E-state index in [0.29, 0.717) is 17.5 Å². The quantitative estimate of drug-likeness (QED) is 0.567. The first-order valence-electron chi connectivity index (χ1n) is 4.59. The standard InChI is InChI=1S/C11H11ClF2O/c1-2-10(15)8-3-7(6-12)4-9(5-8)11(13)14/h3-5,11H,2,6H2,1H3. The predicted octanol–water partition coefficient (Wildman–Crippen LogP) is 3.96. The fourth-order valence-electron chi connectivity index (χ4n) is 1.29. The smallest absolute Gasteiger partial charge is 0.263 e. The average molecular weight is 233 g/mol. The molecule has 0 aromatic heterocycles. The largest absolute Gasteiger partial charge is 0.294 e. The fourth-order valence-corrected chi connectivity index (χ4v) is 1.44. The maximum absolute atomic E-state index is 12.5. The van der Waals surface area contributed by atoms with Crippen molar-refractivity contribution in [1.29, 1.82) is 0 Å². The number of alkyl halides is 3. The van der Waals surface area contributed by atoms with E-state index in [2.05, 4.69) is 0 Å². The van der Waals surface area contributed by atoms with Gasteiger partial charge in [0.2, 0.25) is 0 Å². The second-order valence-corrected chi connectivity index (χ2v) is 3.44. The van der Waals surface area contributed by atoms with Gasteiger partial charge in [0.05, 0.1) is 0 Å². The number of ketones is 1. The maximum atomic E-state index is 12.5. The van der Waals surface area contributed by atoms with Crippen LogP contribution in [-0.4, -0.2) is 5.78 Å². The molecule has 1 aromatic carbocycles. The van der Waals surface area contributed by atoms with Crippen LogP contribution in [0, 0.1) is 0 Å². The highest BCUT2D eigenvalue weighted by Crippen LogP contribution is 2.23. The molecule has 0 saturated carbocycles. The highest BCUT2D eigenvalue weighted by atomic mass is 35.5. The molecule has 0 amide bonds. The molecule has 1 rings (SSSR count).